The molecule has 4 rings (SSSR count). The summed E-state index contributed by atoms with van der Waals surface area (Å²) in [5, 5.41) is 0.728. The van der Waals surface area contributed by atoms with Crippen LogP contribution in [-0.4, -0.2) is 35.0 Å². The Morgan fingerprint density at radius 2 is 2.12 bits per heavy atom. The number of rotatable bonds is 3. The van der Waals surface area contributed by atoms with Crippen LogP contribution in [0.15, 0.2) is 57.9 Å². The van der Waals surface area contributed by atoms with Crippen LogP contribution in [-0.2, 0) is 0 Å². The van der Waals surface area contributed by atoms with E-state index in [-0.39, 0.29) is 17.6 Å². The van der Waals surface area contributed by atoms with E-state index in [0.29, 0.717) is 31.0 Å². The van der Waals surface area contributed by atoms with Crippen molar-refractivity contribution in [3.05, 3.63) is 70.2 Å². The number of amides is 1. The van der Waals surface area contributed by atoms with E-state index in [0.717, 1.165) is 10.9 Å². The van der Waals surface area contributed by atoms with Crippen LogP contribution in [0.25, 0.3) is 11.0 Å². The van der Waals surface area contributed by atoms with Gasteiger partial charge in [0.15, 0.2) is 0 Å². The first-order valence-electron chi connectivity index (χ1n) is 8.51. The molecule has 2 aromatic heterocycles. The first-order chi connectivity index (χ1) is 12.6. The summed E-state index contributed by atoms with van der Waals surface area (Å²) in [5.41, 5.74) is 0.974. The number of hydrogen-bond acceptors (Lipinski definition) is 5. The predicted molar refractivity (Wildman–Crippen MR) is 96.4 cm³/mol. The summed E-state index contributed by atoms with van der Waals surface area (Å²) in [4.78, 5) is 30.8. The SMILES string of the molecule is Cc1ccc(OC2CCN(C(=O)c3cc4ccccc4oc3=O)C2)nc1. The summed E-state index contributed by atoms with van der Waals surface area (Å²) in [6, 6.07) is 12.5. The van der Waals surface area contributed by atoms with Crippen molar-refractivity contribution in [3.8, 4) is 5.88 Å². The Bertz CT molecular complexity index is 1010. The third-order valence-electron chi connectivity index (χ3n) is 4.48. The predicted octanol–water partition coefficient (Wildman–Crippen LogP) is 2.79. The van der Waals surface area contributed by atoms with Gasteiger partial charge in [-0.05, 0) is 24.6 Å². The maximum absolute atomic E-state index is 12.7. The summed E-state index contributed by atoms with van der Waals surface area (Å²) in [5.74, 6) is 0.215. The lowest BCUT2D eigenvalue weighted by Gasteiger charge is -2.16. The number of benzene rings is 1. The molecule has 1 atom stereocenters. The van der Waals surface area contributed by atoms with Gasteiger partial charge in [0.2, 0.25) is 5.88 Å². The second-order valence-electron chi connectivity index (χ2n) is 6.44. The summed E-state index contributed by atoms with van der Waals surface area (Å²) < 4.78 is 11.1. The van der Waals surface area contributed by atoms with Crippen molar-refractivity contribution in [2.45, 2.75) is 19.4 Å². The Labute approximate surface area is 150 Å². The molecule has 132 valence electrons. The van der Waals surface area contributed by atoms with Gasteiger partial charge in [-0.25, -0.2) is 9.78 Å². The lowest BCUT2D eigenvalue weighted by Crippen LogP contribution is -2.33. The molecule has 6 heteroatoms. The summed E-state index contributed by atoms with van der Waals surface area (Å²) >= 11 is 0. The fourth-order valence-electron chi connectivity index (χ4n) is 3.08. The van der Waals surface area contributed by atoms with E-state index in [1.807, 2.05) is 31.2 Å². The minimum atomic E-state index is -0.613. The van der Waals surface area contributed by atoms with E-state index in [9.17, 15) is 9.59 Å². The van der Waals surface area contributed by atoms with Crippen LogP contribution in [0, 0.1) is 6.92 Å². The Morgan fingerprint density at radius 1 is 1.27 bits per heavy atom. The lowest BCUT2D eigenvalue weighted by molar-refractivity contribution is 0.0767. The van der Waals surface area contributed by atoms with E-state index in [1.54, 1.807) is 29.3 Å². The number of carbonyl (C=O) groups excluding carboxylic acids is 1. The van der Waals surface area contributed by atoms with Crippen LogP contribution in [0.3, 0.4) is 0 Å². The van der Waals surface area contributed by atoms with Gasteiger partial charge in [0.1, 0.15) is 17.3 Å². The van der Waals surface area contributed by atoms with E-state index in [2.05, 4.69) is 4.98 Å². The van der Waals surface area contributed by atoms with Crippen LogP contribution >= 0.6 is 0 Å². The molecule has 3 aromatic rings. The average Bonchev–Trinajstić information content (AvgIpc) is 3.11. The molecule has 6 nitrogen and oxygen atoms in total. The van der Waals surface area contributed by atoms with Gasteiger partial charge in [-0.15, -0.1) is 0 Å². The quantitative estimate of drug-likeness (QED) is 0.679. The van der Waals surface area contributed by atoms with Crippen molar-refractivity contribution in [1.82, 2.24) is 9.88 Å². The number of ether oxygens (including phenoxy) is 1. The van der Waals surface area contributed by atoms with Crippen molar-refractivity contribution in [2.24, 2.45) is 0 Å². The summed E-state index contributed by atoms with van der Waals surface area (Å²) in [7, 11) is 0. The number of nitrogens with zero attached hydrogens (tertiary/aromatic N) is 2. The number of para-hydroxylation sites is 1. The molecule has 1 unspecified atom stereocenters. The molecular formula is C20H18N2O4. The number of fused-ring (bicyclic) bond motifs is 1. The zero-order valence-corrected chi connectivity index (χ0v) is 14.3. The third kappa shape index (κ3) is 3.18. The molecule has 0 spiro atoms. The lowest BCUT2D eigenvalue weighted by atomic mass is 10.1. The molecule has 3 heterocycles. The maximum Gasteiger partial charge on any atom is 0.349 e. The van der Waals surface area contributed by atoms with Crippen molar-refractivity contribution >= 4 is 16.9 Å². The molecule has 26 heavy (non-hydrogen) atoms. The summed E-state index contributed by atoms with van der Waals surface area (Å²) in [6.07, 6.45) is 2.30. The molecule has 1 fully saturated rings. The van der Waals surface area contributed by atoms with E-state index < -0.39 is 5.63 Å². The van der Waals surface area contributed by atoms with Gasteiger partial charge in [0.25, 0.3) is 5.91 Å². The number of aromatic nitrogens is 1. The van der Waals surface area contributed by atoms with Gasteiger partial charge in [0, 0.05) is 30.6 Å². The fraction of sp³-hybridized carbons (Fsp3) is 0.250. The topological polar surface area (TPSA) is 72.6 Å². The van der Waals surface area contributed by atoms with Crippen molar-refractivity contribution in [2.75, 3.05) is 13.1 Å². The molecule has 1 aliphatic rings. The van der Waals surface area contributed by atoms with Crippen LogP contribution < -0.4 is 10.4 Å². The highest BCUT2D eigenvalue weighted by Crippen LogP contribution is 2.19. The number of likely N-dealkylation sites (tertiary alicyclic amines) is 1. The molecular weight excluding hydrogens is 332 g/mol. The molecule has 1 aromatic carbocycles. The van der Waals surface area contributed by atoms with Gasteiger partial charge in [-0.2, -0.15) is 0 Å². The van der Waals surface area contributed by atoms with Crippen LogP contribution in [0.1, 0.15) is 22.3 Å². The molecule has 0 radical (unpaired) electrons. The monoisotopic (exact) mass is 350 g/mol. The Morgan fingerprint density at radius 3 is 2.92 bits per heavy atom. The van der Waals surface area contributed by atoms with Gasteiger partial charge in [-0.3, -0.25) is 4.79 Å². The molecule has 0 aliphatic carbocycles. The number of pyridine rings is 1. The second kappa shape index (κ2) is 6.63. The highest BCUT2D eigenvalue weighted by atomic mass is 16.5. The van der Waals surface area contributed by atoms with Gasteiger partial charge in [-0.1, -0.05) is 24.3 Å². The minimum absolute atomic E-state index is 0.0535. The zero-order valence-electron chi connectivity index (χ0n) is 14.3. The Hall–Kier alpha value is -3.15. The van der Waals surface area contributed by atoms with Crippen LogP contribution in [0.4, 0.5) is 0 Å². The Kier molecular flexibility index (Phi) is 4.16. The standard InChI is InChI=1S/C20H18N2O4/c1-13-6-7-18(21-11-13)25-15-8-9-22(12-15)19(23)16-10-14-4-2-3-5-17(14)26-20(16)24/h2-7,10-11,15H,8-9,12H2,1H3. The Balaban J connectivity index is 1.50. The highest BCUT2D eigenvalue weighted by Gasteiger charge is 2.30. The van der Waals surface area contributed by atoms with E-state index in [4.69, 9.17) is 9.15 Å². The van der Waals surface area contributed by atoms with Crippen molar-refractivity contribution < 1.29 is 13.9 Å². The van der Waals surface area contributed by atoms with Gasteiger partial charge in [0.05, 0.1) is 6.54 Å². The number of carbonyl (C=O) groups is 1. The van der Waals surface area contributed by atoms with Crippen LogP contribution in [0.5, 0.6) is 5.88 Å². The molecule has 0 saturated carbocycles. The molecule has 1 saturated heterocycles. The van der Waals surface area contributed by atoms with Gasteiger partial charge >= 0.3 is 5.63 Å². The van der Waals surface area contributed by atoms with Crippen molar-refractivity contribution in [3.63, 3.8) is 0 Å². The second-order valence-corrected chi connectivity index (χ2v) is 6.44. The average molecular weight is 350 g/mol. The fourth-order valence-corrected chi connectivity index (χ4v) is 3.08. The van der Waals surface area contributed by atoms with Crippen molar-refractivity contribution in [1.29, 1.82) is 0 Å². The first-order valence-corrected chi connectivity index (χ1v) is 8.51. The minimum Gasteiger partial charge on any atom is -0.472 e. The maximum atomic E-state index is 12.7. The smallest absolute Gasteiger partial charge is 0.349 e. The van der Waals surface area contributed by atoms with Crippen LogP contribution in [0.2, 0.25) is 0 Å². The van der Waals surface area contributed by atoms with E-state index >= 15 is 0 Å². The molecule has 1 amide bonds. The summed E-state index contributed by atoms with van der Waals surface area (Å²) in [6.45, 7) is 2.91. The van der Waals surface area contributed by atoms with E-state index in [1.165, 1.54) is 0 Å². The first kappa shape index (κ1) is 16.3. The molecule has 1 aliphatic heterocycles. The molecule has 0 bridgehead atoms. The largest absolute Gasteiger partial charge is 0.472 e. The highest BCUT2D eigenvalue weighted by molar-refractivity contribution is 5.96. The zero-order chi connectivity index (χ0) is 18.1. The molecule has 0 N–H and O–H groups in total. The normalized spacial score (nSPS) is 16.8. The third-order valence-corrected chi connectivity index (χ3v) is 4.48. The van der Waals surface area contributed by atoms with Gasteiger partial charge < -0.3 is 14.1 Å². The number of aryl methyl sites for hydroxylation is 1. The number of hydrogen-bond donors (Lipinski definition) is 0.